The number of rotatable bonds is 17. The lowest BCUT2D eigenvalue weighted by molar-refractivity contribution is -0.384. The molecular formula is C66H58N14O7. The van der Waals surface area contributed by atoms with Crippen molar-refractivity contribution in [1.82, 2.24) is 0 Å². The van der Waals surface area contributed by atoms with Crippen molar-refractivity contribution in [2.75, 3.05) is 14.2 Å². The van der Waals surface area contributed by atoms with Gasteiger partial charge >= 0.3 is 0 Å². The molecule has 87 heavy (non-hydrogen) atoms. The minimum absolute atomic E-state index is 0.0324. The van der Waals surface area contributed by atoms with Crippen molar-refractivity contribution in [3.63, 3.8) is 0 Å². The molecule has 10 aromatic rings. The summed E-state index contributed by atoms with van der Waals surface area (Å²) in [6, 6.07) is 62.0. The number of methoxy groups -OCH3 is 2. The zero-order valence-electron chi connectivity index (χ0n) is 48.5. The number of aliphatic hydroxyl groups excluding tert-OH is 1. The van der Waals surface area contributed by atoms with Crippen molar-refractivity contribution in [2.24, 2.45) is 61.4 Å². The highest BCUT2D eigenvalue weighted by Gasteiger charge is 2.15. The number of hydrogen-bond acceptors (Lipinski definition) is 19. The quantitative estimate of drug-likeness (QED) is 0.0522. The Labute approximate surface area is 501 Å². The Morgan fingerprint density at radius 1 is 0.379 bits per heavy atom. The van der Waals surface area contributed by atoms with Crippen LogP contribution in [0.25, 0.3) is 10.8 Å². The van der Waals surface area contributed by atoms with E-state index in [4.69, 9.17) is 9.47 Å². The minimum Gasteiger partial charge on any atom is -0.494 e. The molecule has 0 bridgehead atoms. The fourth-order valence-corrected chi connectivity index (χ4v) is 8.05. The lowest BCUT2D eigenvalue weighted by Gasteiger charge is -2.08. The van der Waals surface area contributed by atoms with Gasteiger partial charge in [0.25, 0.3) is 11.4 Å². The van der Waals surface area contributed by atoms with Gasteiger partial charge in [-0.2, -0.15) is 35.8 Å². The lowest BCUT2D eigenvalue weighted by atomic mass is 10.1. The van der Waals surface area contributed by atoms with E-state index in [9.17, 15) is 25.3 Å². The molecule has 1 N–H and O–H groups in total. The van der Waals surface area contributed by atoms with E-state index in [2.05, 4.69) is 85.6 Å². The second-order valence-electron chi connectivity index (χ2n) is 19.3. The van der Waals surface area contributed by atoms with Gasteiger partial charge in [-0.15, -0.1) is 25.6 Å². The molecule has 10 rings (SSSR count). The minimum atomic E-state index is -0.487. The number of non-ortho nitro benzene ring substituents is 1. The number of nitrogens with zero attached hydrogens (tertiary/aromatic N) is 14. The number of nitro groups is 2. The topological polar surface area (TPSA) is 273 Å². The van der Waals surface area contributed by atoms with Crippen LogP contribution in [-0.2, 0) is 6.61 Å². The largest absolute Gasteiger partial charge is 0.494 e. The molecule has 0 atom stereocenters. The normalized spacial score (nSPS) is 11.4. The molecule has 0 saturated carbocycles. The van der Waals surface area contributed by atoms with Crippen molar-refractivity contribution < 1.29 is 24.4 Å². The molecule has 434 valence electrons. The van der Waals surface area contributed by atoms with Crippen LogP contribution in [0.1, 0.15) is 33.4 Å². The summed E-state index contributed by atoms with van der Waals surface area (Å²) in [5.74, 6) is 0.893. The van der Waals surface area contributed by atoms with Gasteiger partial charge in [-0.1, -0.05) is 96.1 Å². The van der Waals surface area contributed by atoms with Crippen LogP contribution >= 0.6 is 0 Å². The zero-order valence-corrected chi connectivity index (χ0v) is 48.5. The van der Waals surface area contributed by atoms with E-state index in [-0.39, 0.29) is 23.7 Å². The summed E-state index contributed by atoms with van der Waals surface area (Å²) < 4.78 is 10.8. The third kappa shape index (κ3) is 17.5. The van der Waals surface area contributed by atoms with Gasteiger partial charge in [-0.25, -0.2) is 0 Å². The van der Waals surface area contributed by atoms with E-state index >= 15 is 0 Å². The van der Waals surface area contributed by atoms with E-state index in [0.717, 1.165) is 67.0 Å². The summed E-state index contributed by atoms with van der Waals surface area (Å²) >= 11 is 0. The second-order valence-corrected chi connectivity index (χ2v) is 19.3. The van der Waals surface area contributed by atoms with E-state index in [1.54, 1.807) is 43.3 Å². The van der Waals surface area contributed by atoms with Crippen LogP contribution in [-0.4, -0.2) is 29.2 Å². The Balaban J connectivity index is 0.000000169. The molecule has 10 aromatic carbocycles. The van der Waals surface area contributed by atoms with E-state index in [1.807, 2.05) is 143 Å². The van der Waals surface area contributed by atoms with Crippen molar-refractivity contribution >= 4 is 90.4 Å². The number of benzene rings is 10. The summed E-state index contributed by atoms with van der Waals surface area (Å²) in [6.45, 7) is 9.39. The van der Waals surface area contributed by atoms with Gasteiger partial charge in [-0.05, 0) is 148 Å². The van der Waals surface area contributed by atoms with Gasteiger partial charge in [0.2, 0.25) is 0 Å². The SMILES string of the molecule is COc1cc(N=Nc2ccc(C)cc2[N+](=O)[O-])c(C)cc1N=Nc1ccc(C)cc1.COc1cc(N=Nc2ccc([N+](=O)[O-])cc2)c(CO)cc1N=Nc1ccc(C)cc1.Cc1ccc2ccccc2c1N=Nc1ccc(N=Nc2ccccc2)cc1. The van der Waals surface area contributed by atoms with Gasteiger partial charge in [0.05, 0.1) is 81.9 Å². The van der Waals surface area contributed by atoms with Gasteiger partial charge < -0.3 is 14.6 Å². The van der Waals surface area contributed by atoms with Crippen LogP contribution in [0.3, 0.4) is 0 Å². The molecule has 0 amide bonds. The smallest absolute Gasteiger partial charge is 0.296 e. The second kappa shape index (κ2) is 30.1. The molecule has 0 unspecified atom stereocenters. The van der Waals surface area contributed by atoms with E-state index in [0.29, 0.717) is 51.2 Å². The molecule has 0 aliphatic carbocycles. The van der Waals surface area contributed by atoms with Gasteiger partial charge in [0, 0.05) is 41.3 Å². The molecule has 0 aliphatic heterocycles. The highest BCUT2D eigenvalue weighted by Crippen LogP contribution is 2.40. The number of ether oxygens (including phenoxy) is 2. The molecule has 21 heteroatoms. The maximum Gasteiger partial charge on any atom is 0.296 e. The zero-order chi connectivity index (χ0) is 61.7. The first kappa shape index (κ1) is 61.5. The first-order valence-corrected chi connectivity index (χ1v) is 26.9. The summed E-state index contributed by atoms with van der Waals surface area (Å²) in [4.78, 5) is 21.0. The first-order chi connectivity index (χ1) is 42.2. The van der Waals surface area contributed by atoms with E-state index < -0.39 is 9.85 Å². The Morgan fingerprint density at radius 3 is 1.36 bits per heavy atom. The van der Waals surface area contributed by atoms with Gasteiger partial charge in [0.1, 0.15) is 22.9 Å². The third-order valence-electron chi connectivity index (χ3n) is 12.8. The molecule has 0 radical (unpaired) electrons. The highest BCUT2D eigenvalue weighted by atomic mass is 16.6. The Hall–Kier alpha value is -11.6. The summed E-state index contributed by atoms with van der Waals surface area (Å²) in [6.07, 6.45) is 0. The van der Waals surface area contributed by atoms with Crippen LogP contribution in [0.4, 0.5) is 79.6 Å². The number of aliphatic hydroxyl groups is 1. The molecule has 0 heterocycles. The first-order valence-electron chi connectivity index (χ1n) is 26.9. The molecule has 21 nitrogen and oxygen atoms in total. The molecular weight excluding hydrogens is 1100 g/mol. The van der Waals surface area contributed by atoms with Crippen molar-refractivity contribution in [2.45, 2.75) is 41.2 Å². The average molecular weight is 1160 g/mol. The van der Waals surface area contributed by atoms with Gasteiger partial charge in [0.15, 0.2) is 5.69 Å². The standard InChI is InChI=1S/C23H18N4.C22H21N5O3.C21H19N5O4/c1-17-11-12-18-7-5-6-10-22(18)23(17)27-26-21-15-13-20(14-16-21)25-24-19-8-3-2-4-9-19;1-14-5-8-17(9-6-14)23-26-20-12-16(3)19(13-22(20)30-4)25-24-18-10-7-15(2)11-21(18)27(28)29;1-14-3-5-16(6-4-14)23-25-20-11-15(13-27)19(12-21(20)30-2)24-22-17-7-9-18(10-8-17)26(28)29/h2-16H,1H3;5-13H,1-4H3;3-12,27H,13H2,1-2H3. The van der Waals surface area contributed by atoms with Crippen LogP contribution in [0, 0.1) is 54.8 Å². The van der Waals surface area contributed by atoms with Gasteiger partial charge in [-0.3, -0.25) is 20.2 Å². The predicted octanol–water partition coefficient (Wildman–Crippen LogP) is 21.6. The molecule has 0 aromatic heterocycles. The maximum atomic E-state index is 11.3. The maximum absolute atomic E-state index is 11.3. The Bertz CT molecular complexity index is 4210. The number of fused-ring (bicyclic) bond motifs is 1. The van der Waals surface area contributed by atoms with E-state index in [1.165, 1.54) is 44.6 Å². The van der Waals surface area contributed by atoms with Crippen LogP contribution in [0.5, 0.6) is 11.5 Å². The monoisotopic (exact) mass is 1160 g/mol. The molecule has 0 fully saturated rings. The van der Waals surface area contributed by atoms with Crippen LogP contribution < -0.4 is 9.47 Å². The van der Waals surface area contributed by atoms with Crippen molar-refractivity contribution in [3.05, 3.63) is 260 Å². The predicted molar refractivity (Wildman–Crippen MR) is 337 cm³/mol. The molecule has 0 saturated heterocycles. The summed E-state index contributed by atoms with van der Waals surface area (Å²) in [5, 5.41) is 84.8. The number of azo groups is 6. The van der Waals surface area contributed by atoms with Crippen LogP contribution in [0.2, 0.25) is 0 Å². The lowest BCUT2D eigenvalue weighted by Crippen LogP contribution is -1.89. The fourth-order valence-electron chi connectivity index (χ4n) is 8.05. The Morgan fingerprint density at radius 2 is 0.816 bits per heavy atom. The van der Waals surface area contributed by atoms with Crippen molar-refractivity contribution in [3.8, 4) is 11.5 Å². The summed E-state index contributed by atoms with van der Waals surface area (Å²) in [5.41, 5.74) is 12.5. The van der Waals surface area contributed by atoms with Crippen molar-refractivity contribution in [1.29, 1.82) is 0 Å². The average Bonchev–Trinajstić information content (AvgIpc) is 2.69. The molecule has 0 spiro atoms. The summed E-state index contributed by atoms with van der Waals surface area (Å²) in [7, 11) is 3.03. The number of aryl methyl sites for hydroxylation is 5. The molecule has 0 aliphatic rings. The Kier molecular flexibility index (Phi) is 21.3. The number of nitro benzene ring substituents is 2. The van der Waals surface area contributed by atoms with Crippen LogP contribution in [0.15, 0.2) is 268 Å². The fraction of sp³-hybridized carbons (Fsp3) is 0.121. The third-order valence-corrected chi connectivity index (χ3v) is 12.8. The highest BCUT2D eigenvalue weighted by molar-refractivity contribution is 5.93. The number of hydrogen-bond donors (Lipinski definition) is 1.